The number of amides is 1. The van der Waals surface area contributed by atoms with Crippen LogP contribution in [0.3, 0.4) is 0 Å². The number of rotatable bonds is 5. The van der Waals surface area contributed by atoms with Gasteiger partial charge in [-0.05, 0) is 17.7 Å². The molecular formula is C16H15ClFNO2. The minimum atomic E-state index is -1.08. The topological polar surface area (TPSA) is 49.3 Å². The quantitative estimate of drug-likeness (QED) is 0.892. The van der Waals surface area contributed by atoms with Gasteiger partial charge in [0.1, 0.15) is 5.82 Å². The SMILES string of the molecule is O=C(Cc1ccccc1Cl)NC[C@H](O)c1ccccc1F. The Morgan fingerprint density at radius 2 is 1.86 bits per heavy atom. The van der Waals surface area contributed by atoms with Gasteiger partial charge in [-0.2, -0.15) is 0 Å². The second-order valence-corrected chi connectivity index (χ2v) is 5.02. The maximum absolute atomic E-state index is 13.5. The van der Waals surface area contributed by atoms with Gasteiger partial charge in [-0.25, -0.2) is 4.39 Å². The highest BCUT2D eigenvalue weighted by molar-refractivity contribution is 6.31. The lowest BCUT2D eigenvalue weighted by Crippen LogP contribution is -2.30. The maximum Gasteiger partial charge on any atom is 0.224 e. The summed E-state index contributed by atoms with van der Waals surface area (Å²) in [6.07, 6.45) is -0.967. The first-order valence-corrected chi connectivity index (χ1v) is 6.88. The van der Waals surface area contributed by atoms with Crippen LogP contribution in [0.1, 0.15) is 17.2 Å². The third kappa shape index (κ3) is 4.28. The highest BCUT2D eigenvalue weighted by Crippen LogP contribution is 2.17. The number of aliphatic hydroxyl groups excluding tert-OH is 1. The number of hydrogen-bond acceptors (Lipinski definition) is 2. The predicted molar refractivity (Wildman–Crippen MR) is 79.5 cm³/mol. The van der Waals surface area contributed by atoms with E-state index in [1.54, 1.807) is 36.4 Å². The first-order chi connectivity index (χ1) is 10.1. The summed E-state index contributed by atoms with van der Waals surface area (Å²) >= 11 is 5.97. The Balaban J connectivity index is 1.90. The maximum atomic E-state index is 13.5. The number of aliphatic hydroxyl groups is 1. The summed E-state index contributed by atoms with van der Waals surface area (Å²) in [7, 11) is 0. The summed E-state index contributed by atoms with van der Waals surface area (Å²) in [6.45, 7) is -0.0514. The van der Waals surface area contributed by atoms with Crippen molar-refractivity contribution < 1.29 is 14.3 Å². The van der Waals surface area contributed by atoms with E-state index in [0.717, 1.165) is 0 Å². The summed E-state index contributed by atoms with van der Waals surface area (Å²) in [5.41, 5.74) is 0.868. The van der Waals surface area contributed by atoms with Crippen LogP contribution in [0.2, 0.25) is 5.02 Å². The van der Waals surface area contributed by atoms with Gasteiger partial charge in [0, 0.05) is 17.1 Å². The smallest absolute Gasteiger partial charge is 0.224 e. The molecule has 0 radical (unpaired) electrons. The molecule has 2 aromatic carbocycles. The van der Waals surface area contributed by atoms with Crippen LogP contribution in [0.15, 0.2) is 48.5 Å². The number of nitrogens with one attached hydrogen (secondary N) is 1. The molecule has 2 rings (SSSR count). The third-order valence-corrected chi connectivity index (χ3v) is 3.43. The number of hydrogen-bond donors (Lipinski definition) is 2. The molecule has 5 heteroatoms. The molecule has 0 saturated carbocycles. The Morgan fingerprint density at radius 1 is 1.19 bits per heavy atom. The molecule has 1 atom stereocenters. The van der Waals surface area contributed by atoms with Gasteiger partial charge in [0.2, 0.25) is 5.91 Å². The molecule has 0 fully saturated rings. The van der Waals surface area contributed by atoms with Gasteiger partial charge < -0.3 is 10.4 Å². The van der Waals surface area contributed by atoms with E-state index in [-0.39, 0.29) is 24.4 Å². The second-order valence-electron chi connectivity index (χ2n) is 4.61. The molecule has 2 aromatic rings. The van der Waals surface area contributed by atoms with Crippen molar-refractivity contribution in [2.24, 2.45) is 0 Å². The minimum absolute atomic E-state index is 0.0514. The van der Waals surface area contributed by atoms with E-state index >= 15 is 0 Å². The summed E-state index contributed by atoms with van der Waals surface area (Å²) in [6, 6.07) is 13.0. The summed E-state index contributed by atoms with van der Waals surface area (Å²) < 4.78 is 13.5. The molecule has 0 spiro atoms. The van der Waals surface area contributed by atoms with Crippen molar-refractivity contribution in [2.75, 3.05) is 6.54 Å². The summed E-state index contributed by atoms with van der Waals surface area (Å²) in [5, 5.41) is 13.0. The van der Waals surface area contributed by atoms with E-state index in [1.807, 2.05) is 0 Å². The lowest BCUT2D eigenvalue weighted by molar-refractivity contribution is -0.120. The van der Waals surface area contributed by atoms with Gasteiger partial charge in [0.05, 0.1) is 12.5 Å². The van der Waals surface area contributed by atoms with Crippen LogP contribution in [-0.2, 0) is 11.2 Å². The average Bonchev–Trinajstić information content (AvgIpc) is 2.48. The monoisotopic (exact) mass is 307 g/mol. The zero-order valence-electron chi connectivity index (χ0n) is 11.2. The zero-order valence-corrected chi connectivity index (χ0v) is 12.0. The van der Waals surface area contributed by atoms with E-state index < -0.39 is 11.9 Å². The Bertz CT molecular complexity index is 633. The van der Waals surface area contributed by atoms with Crippen LogP contribution in [-0.4, -0.2) is 17.6 Å². The van der Waals surface area contributed by atoms with Crippen LogP contribution in [0.5, 0.6) is 0 Å². The predicted octanol–water partition coefficient (Wildman–Crippen LogP) is 2.87. The van der Waals surface area contributed by atoms with Crippen LogP contribution in [0.4, 0.5) is 4.39 Å². The van der Waals surface area contributed by atoms with Gasteiger partial charge >= 0.3 is 0 Å². The number of halogens is 2. The van der Waals surface area contributed by atoms with Crippen molar-refractivity contribution in [1.29, 1.82) is 0 Å². The Hall–Kier alpha value is -1.91. The van der Waals surface area contributed by atoms with Crippen LogP contribution >= 0.6 is 11.6 Å². The fourth-order valence-electron chi connectivity index (χ4n) is 1.94. The molecule has 0 aliphatic carbocycles. The van der Waals surface area contributed by atoms with Gasteiger partial charge in [0.15, 0.2) is 0 Å². The van der Waals surface area contributed by atoms with Crippen molar-refractivity contribution >= 4 is 17.5 Å². The van der Waals surface area contributed by atoms with E-state index in [0.29, 0.717) is 10.6 Å². The molecule has 2 N–H and O–H groups in total. The molecule has 0 heterocycles. The summed E-state index contributed by atoms with van der Waals surface area (Å²) in [4.78, 5) is 11.8. The molecule has 21 heavy (non-hydrogen) atoms. The molecule has 110 valence electrons. The highest BCUT2D eigenvalue weighted by Gasteiger charge is 2.14. The fraction of sp³-hybridized carbons (Fsp3) is 0.188. The Morgan fingerprint density at radius 3 is 2.57 bits per heavy atom. The Kier molecular flexibility index (Phi) is 5.31. The molecule has 3 nitrogen and oxygen atoms in total. The summed E-state index contributed by atoms with van der Waals surface area (Å²) in [5.74, 6) is -0.774. The molecule has 0 unspecified atom stereocenters. The molecule has 0 aliphatic heterocycles. The van der Waals surface area contributed by atoms with Gasteiger partial charge in [0.25, 0.3) is 0 Å². The highest BCUT2D eigenvalue weighted by atomic mass is 35.5. The first-order valence-electron chi connectivity index (χ1n) is 6.50. The average molecular weight is 308 g/mol. The molecule has 0 aromatic heterocycles. The van der Waals surface area contributed by atoms with Crippen LogP contribution < -0.4 is 5.32 Å². The molecule has 1 amide bonds. The van der Waals surface area contributed by atoms with Crippen molar-refractivity contribution in [2.45, 2.75) is 12.5 Å². The largest absolute Gasteiger partial charge is 0.386 e. The van der Waals surface area contributed by atoms with Gasteiger partial charge in [-0.1, -0.05) is 48.0 Å². The van der Waals surface area contributed by atoms with E-state index in [9.17, 15) is 14.3 Å². The zero-order chi connectivity index (χ0) is 15.2. The molecule has 0 aliphatic rings. The minimum Gasteiger partial charge on any atom is -0.386 e. The standard InChI is InChI=1S/C16H15ClFNO2/c17-13-7-3-1-5-11(13)9-16(21)19-10-15(20)12-6-2-4-8-14(12)18/h1-8,15,20H,9-10H2,(H,19,21)/t15-/m0/s1. The molecule has 0 bridgehead atoms. The number of benzene rings is 2. The fourth-order valence-corrected chi connectivity index (χ4v) is 2.15. The van der Waals surface area contributed by atoms with Crippen molar-refractivity contribution in [3.05, 3.63) is 70.5 Å². The number of carbonyl (C=O) groups excluding carboxylic acids is 1. The van der Waals surface area contributed by atoms with E-state index in [1.165, 1.54) is 12.1 Å². The van der Waals surface area contributed by atoms with Crippen molar-refractivity contribution in [1.82, 2.24) is 5.32 Å². The van der Waals surface area contributed by atoms with Crippen LogP contribution in [0, 0.1) is 5.82 Å². The normalized spacial score (nSPS) is 12.0. The van der Waals surface area contributed by atoms with Crippen LogP contribution in [0.25, 0.3) is 0 Å². The van der Waals surface area contributed by atoms with Gasteiger partial charge in [-0.15, -0.1) is 0 Å². The van der Waals surface area contributed by atoms with Crippen molar-refractivity contribution in [3.63, 3.8) is 0 Å². The molecule has 0 saturated heterocycles. The first kappa shape index (κ1) is 15.5. The third-order valence-electron chi connectivity index (χ3n) is 3.07. The van der Waals surface area contributed by atoms with Crippen molar-refractivity contribution in [3.8, 4) is 0 Å². The van der Waals surface area contributed by atoms with E-state index in [2.05, 4.69) is 5.32 Å². The lowest BCUT2D eigenvalue weighted by atomic mass is 10.1. The Labute approximate surface area is 127 Å². The lowest BCUT2D eigenvalue weighted by Gasteiger charge is -2.13. The second kappa shape index (κ2) is 7.20. The molecular weight excluding hydrogens is 293 g/mol. The van der Waals surface area contributed by atoms with Gasteiger partial charge in [-0.3, -0.25) is 4.79 Å². The number of carbonyl (C=O) groups is 1. The van der Waals surface area contributed by atoms with E-state index in [4.69, 9.17) is 11.6 Å².